The molecule has 2 heterocycles. The van der Waals surface area contributed by atoms with Crippen LogP contribution in [0.25, 0.3) is 0 Å². The molecule has 1 aromatic heterocycles. The van der Waals surface area contributed by atoms with Crippen molar-refractivity contribution < 1.29 is 4.79 Å². The smallest absolute Gasteiger partial charge is 0.274 e. The minimum absolute atomic E-state index is 0. The van der Waals surface area contributed by atoms with Gasteiger partial charge in [-0.1, -0.05) is 23.7 Å². The van der Waals surface area contributed by atoms with E-state index in [0.717, 1.165) is 5.56 Å². The van der Waals surface area contributed by atoms with Gasteiger partial charge in [0.25, 0.3) is 11.5 Å². The standard InChI is InChI=1S/C15H15ClN4O2.ClH/c16-11-3-1-2-10(8-11)13-9-17-6-7-20(13)15(22)12-4-5-14(21)19-18-12;/h1-5,8,13,17H,6-7,9H2,(H,19,21);1H. The maximum absolute atomic E-state index is 12.7. The van der Waals surface area contributed by atoms with Crippen LogP contribution in [0.1, 0.15) is 22.1 Å². The summed E-state index contributed by atoms with van der Waals surface area (Å²) in [6.07, 6.45) is 0. The van der Waals surface area contributed by atoms with Crippen LogP contribution in [0.15, 0.2) is 41.2 Å². The maximum Gasteiger partial charge on any atom is 0.274 e. The lowest BCUT2D eigenvalue weighted by atomic mass is 10.0. The van der Waals surface area contributed by atoms with Crippen LogP contribution in [0, 0.1) is 0 Å². The van der Waals surface area contributed by atoms with Gasteiger partial charge in [0, 0.05) is 30.7 Å². The molecule has 1 unspecified atom stereocenters. The summed E-state index contributed by atoms with van der Waals surface area (Å²) in [5, 5.41) is 10.0. The largest absolute Gasteiger partial charge is 0.328 e. The summed E-state index contributed by atoms with van der Waals surface area (Å²) in [6, 6.07) is 10.1. The van der Waals surface area contributed by atoms with Crippen LogP contribution < -0.4 is 10.9 Å². The lowest BCUT2D eigenvalue weighted by Gasteiger charge is -2.36. The van der Waals surface area contributed by atoms with Gasteiger partial charge in [-0.05, 0) is 23.8 Å². The van der Waals surface area contributed by atoms with Gasteiger partial charge in [-0.15, -0.1) is 12.4 Å². The molecular weight excluding hydrogens is 339 g/mol. The number of nitrogens with one attached hydrogen (secondary N) is 2. The van der Waals surface area contributed by atoms with Crippen molar-refractivity contribution in [1.82, 2.24) is 20.4 Å². The third-order valence-corrected chi connectivity index (χ3v) is 3.87. The van der Waals surface area contributed by atoms with Crippen molar-refractivity contribution in [3.8, 4) is 0 Å². The van der Waals surface area contributed by atoms with E-state index in [1.165, 1.54) is 12.1 Å². The number of halogens is 2. The summed E-state index contributed by atoms with van der Waals surface area (Å²) in [6.45, 7) is 1.93. The molecule has 3 rings (SSSR count). The Bertz CT molecular complexity index is 730. The van der Waals surface area contributed by atoms with Gasteiger partial charge in [0.15, 0.2) is 0 Å². The Morgan fingerprint density at radius 1 is 1.30 bits per heavy atom. The van der Waals surface area contributed by atoms with E-state index >= 15 is 0 Å². The molecule has 0 radical (unpaired) electrons. The number of rotatable bonds is 2. The van der Waals surface area contributed by atoms with E-state index in [4.69, 9.17) is 11.6 Å². The van der Waals surface area contributed by atoms with Gasteiger partial charge in [0.1, 0.15) is 5.69 Å². The van der Waals surface area contributed by atoms with E-state index in [9.17, 15) is 9.59 Å². The molecule has 0 spiro atoms. The van der Waals surface area contributed by atoms with Gasteiger partial charge in [-0.2, -0.15) is 5.10 Å². The molecule has 1 fully saturated rings. The third-order valence-electron chi connectivity index (χ3n) is 3.64. The second-order valence-electron chi connectivity index (χ2n) is 5.08. The number of H-pyrrole nitrogens is 1. The van der Waals surface area contributed by atoms with Crippen molar-refractivity contribution in [2.75, 3.05) is 19.6 Å². The summed E-state index contributed by atoms with van der Waals surface area (Å²) in [5.74, 6) is -0.206. The van der Waals surface area contributed by atoms with Crippen molar-refractivity contribution in [1.29, 1.82) is 0 Å². The first-order valence-corrected chi connectivity index (χ1v) is 7.36. The zero-order chi connectivity index (χ0) is 15.5. The summed E-state index contributed by atoms with van der Waals surface area (Å²) in [7, 11) is 0. The van der Waals surface area contributed by atoms with Crippen LogP contribution in [0.4, 0.5) is 0 Å². The van der Waals surface area contributed by atoms with Crippen molar-refractivity contribution in [3.05, 3.63) is 63.0 Å². The van der Waals surface area contributed by atoms with E-state index in [0.29, 0.717) is 24.7 Å². The second kappa shape index (κ2) is 7.59. The van der Waals surface area contributed by atoms with E-state index in [1.54, 1.807) is 11.0 Å². The number of hydrogen-bond donors (Lipinski definition) is 2. The minimum Gasteiger partial charge on any atom is -0.328 e. The van der Waals surface area contributed by atoms with Gasteiger partial charge in [-0.25, -0.2) is 5.10 Å². The number of nitrogens with zero attached hydrogens (tertiary/aromatic N) is 2. The summed E-state index contributed by atoms with van der Waals surface area (Å²) in [5.41, 5.74) is 0.870. The van der Waals surface area contributed by atoms with Gasteiger partial charge < -0.3 is 10.2 Å². The van der Waals surface area contributed by atoms with Crippen LogP contribution in [-0.4, -0.2) is 40.6 Å². The molecule has 0 saturated carbocycles. The molecule has 0 bridgehead atoms. The van der Waals surface area contributed by atoms with Crippen molar-refractivity contribution in [2.45, 2.75) is 6.04 Å². The van der Waals surface area contributed by atoms with E-state index in [1.807, 2.05) is 18.2 Å². The van der Waals surface area contributed by atoms with Crippen molar-refractivity contribution in [3.63, 3.8) is 0 Å². The zero-order valence-corrected chi connectivity index (χ0v) is 13.7. The fourth-order valence-corrected chi connectivity index (χ4v) is 2.77. The molecule has 1 saturated heterocycles. The predicted molar refractivity (Wildman–Crippen MR) is 90.2 cm³/mol. The number of amides is 1. The molecule has 1 aliphatic rings. The van der Waals surface area contributed by atoms with E-state index in [2.05, 4.69) is 15.5 Å². The van der Waals surface area contributed by atoms with Crippen molar-refractivity contribution >= 4 is 29.9 Å². The minimum atomic E-state index is -0.330. The predicted octanol–water partition coefficient (Wildman–Crippen LogP) is 1.63. The maximum atomic E-state index is 12.7. The number of carbonyl (C=O) groups is 1. The van der Waals surface area contributed by atoms with Gasteiger partial charge in [0.2, 0.25) is 0 Å². The SMILES string of the molecule is Cl.O=C(c1ccc(=O)[nH]n1)N1CCNCC1c1cccc(Cl)c1. The Labute approximate surface area is 144 Å². The summed E-state index contributed by atoms with van der Waals surface area (Å²) in [4.78, 5) is 25.5. The zero-order valence-electron chi connectivity index (χ0n) is 12.2. The molecule has 23 heavy (non-hydrogen) atoms. The normalized spacial score (nSPS) is 17.4. The fourth-order valence-electron chi connectivity index (χ4n) is 2.57. The number of aromatic amines is 1. The van der Waals surface area contributed by atoms with Crippen LogP contribution in [0.5, 0.6) is 0 Å². The highest BCUT2D eigenvalue weighted by atomic mass is 35.5. The first-order valence-electron chi connectivity index (χ1n) is 6.98. The second-order valence-corrected chi connectivity index (χ2v) is 5.52. The Hall–Kier alpha value is -1.89. The van der Waals surface area contributed by atoms with E-state index in [-0.39, 0.29) is 35.6 Å². The first kappa shape index (κ1) is 17.5. The summed E-state index contributed by atoms with van der Waals surface area (Å²) < 4.78 is 0. The highest BCUT2D eigenvalue weighted by Gasteiger charge is 2.29. The third kappa shape index (κ3) is 3.90. The van der Waals surface area contributed by atoms with Crippen LogP contribution in [0.2, 0.25) is 5.02 Å². The number of carbonyl (C=O) groups excluding carboxylic acids is 1. The molecule has 1 aromatic carbocycles. The molecule has 122 valence electrons. The average Bonchev–Trinajstić information content (AvgIpc) is 2.55. The lowest BCUT2D eigenvalue weighted by molar-refractivity contribution is 0.0627. The summed E-state index contributed by atoms with van der Waals surface area (Å²) >= 11 is 6.05. The van der Waals surface area contributed by atoms with Gasteiger partial charge in [0.05, 0.1) is 6.04 Å². The number of benzene rings is 1. The average molecular weight is 355 g/mol. The Balaban J connectivity index is 0.00000192. The van der Waals surface area contributed by atoms with Crippen LogP contribution >= 0.6 is 24.0 Å². The van der Waals surface area contributed by atoms with Crippen LogP contribution in [-0.2, 0) is 0 Å². The van der Waals surface area contributed by atoms with Crippen molar-refractivity contribution in [2.24, 2.45) is 0 Å². The Morgan fingerprint density at radius 3 is 2.83 bits per heavy atom. The molecule has 0 aliphatic carbocycles. The molecular formula is C15H16Cl2N4O2. The number of piperazine rings is 1. The lowest BCUT2D eigenvalue weighted by Crippen LogP contribution is -2.49. The molecule has 1 amide bonds. The van der Waals surface area contributed by atoms with Gasteiger partial charge in [-0.3, -0.25) is 9.59 Å². The molecule has 2 N–H and O–H groups in total. The number of hydrogen-bond acceptors (Lipinski definition) is 4. The first-order chi connectivity index (χ1) is 10.6. The topological polar surface area (TPSA) is 78.1 Å². The highest BCUT2D eigenvalue weighted by molar-refractivity contribution is 6.30. The molecule has 8 heteroatoms. The Morgan fingerprint density at radius 2 is 2.13 bits per heavy atom. The highest BCUT2D eigenvalue weighted by Crippen LogP contribution is 2.25. The molecule has 2 aromatic rings. The van der Waals surface area contributed by atoms with Crippen LogP contribution in [0.3, 0.4) is 0 Å². The number of aromatic nitrogens is 2. The Kier molecular flexibility index (Phi) is 5.76. The fraction of sp³-hybridized carbons (Fsp3) is 0.267. The molecule has 6 nitrogen and oxygen atoms in total. The monoisotopic (exact) mass is 354 g/mol. The van der Waals surface area contributed by atoms with E-state index < -0.39 is 0 Å². The quantitative estimate of drug-likeness (QED) is 0.859. The molecule has 1 atom stereocenters. The van der Waals surface area contributed by atoms with Gasteiger partial charge >= 0.3 is 0 Å². The molecule has 1 aliphatic heterocycles.